The van der Waals surface area contributed by atoms with Crippen molar-refractivity contribution < 1.29 is 37.7 Å². The molecule has 9 heteroatoms. The van der Waals surface area contributed by atoms with Gasteiger partial charge in [-0.05, 0) is 37.1 Å². The molecule has 26 heavy (non-hydrogen) atoms. The molecular weight excluding hydrogens is 380 g/mol. The summed E-state index contributed by atoms with van der Waals surface area (Å²) in [7, 11) is -6.47. The van der Waals surface area contributed by atoms with Crippen molar-refractivity contribution in [3.8, 4) is 0 Å². The number of aryl methyl sites for hydroxylation is 3. The van der Waals surface area contributed by atoms with Crippen LogP contribution in [0.25, 0.3) is 0 Å². The van der Waals surface area contributed by atoms with Gasteiger partial charge in [0.15, 0.2) is 17.9 Å². The van der Waals surface area contributed by atoms with Crippen LogP contribution in [0.3, 0.4) is 0 Å². The van der Waals surface area contributed by atoms with Crippen LogP contribution in [-0.2, 0) is 23.0 Å². The zero-order valence-corrected chi connectivity index (χ0v) is 16.7. The van der Waals surface area contributed by atoms with E-state index in [-0.39, 0.29) is 4.90 Å². The van der Waals surface area contributed by atoms with Gasteiger partial charge in [-0.25, -0.2) is 13.6 Å². The Morgan fingerprint density at radius 2 is 1.54 bits per heavy atom. The minimum Gasteiger partial charge on any atom is -0.357 e. The average molecular weight is 403 g/mol. The normalized spacial score (nSPS) is 11.3. The van der Waals surface area contributed by atoms with E-state index in [1.54, 1.807) is 12.1 Å². The molecule has 2 rings (SSSR count). The third-order valence-electron chi connectivity index (χ3n) is 4.27. The lowest BCUT2D eigenvalue weighted by Crippen LogP contribution is -2.42. The molecule has 2 aromatic rings. The second kappa shape index (κ2) is 9.40. The predicted molar refractivity (Wildman–Crippen MR) is 87.1 cm³/mol. The molecule has 144 valence electrons. The quantitative estimate of drug-likeness (QED) is 0.623. The number of benzene rings is 1. The molecule has 0 atom stereocenters. The summed E-state index contributed by atoms with van der Waals surface area (Å²) in [5, 5.41) is 5.11. The topological polar surface area (TPSA) is 133 Å². The molecule has 1 aromatic carbocycles. The van der Waals surface area contributed by atoms with Crippen molar-refractivity contribution in [2.45, 2.75) is 45.6 Å². The fraction of sp³-hybridized carbons (Fsp3) is 0.353. The zero-order valence-electron chi connectivity index (χ0n) is 15.2. The molecule has 0 radical (unpaired) electrons. The maximum Gasteiger partial charge on any atom is 0.238 e. The largest absolute Gasteiger partial charge is 0.357 e. The summed E-state index contributed by atoms with van der Waals surface area (Å²) in [6, 6.07) is 8.98. The van der Waals surface area contributed by atoms with Gasteiger partial charge in [0.05, 0.1) is 15.7 Å². The maximum absolute atomic E-state index is 11.3. The first kappa shape index (κ1) is 22.5. The number of halogens is 1. The highest BCUT2D eigenvalue weighted by Crippen LogP contribution is 2.12. The Morgan fingerprint density at radius 3 is 2.00 bits per heavy atom. The highest BCUT2D eigenvalue weighted by molar-refractivity contribution is 7.89. The number of nitrogens with zero attached hydrogens (tertiary/aromatic N) is 1. The zero-order chi connectivity index (χ0) is 20.1. The molecule has 0 amide bonds. The molecule has 0 bridgehead atoms. The van der Waals surface area contributed by atoms with Crippen LogP contribution in [0.15, 0.2) is 35.2 Å². The van der Waals surface area contributed by atoms with Gasteiger partial charge in [0.2, 0.25) is 10.0 Å². The third-order valence-corrected chi connectivity index (χ3v) is 5.20. The number of rotatable bonds is 4. The van der Waals surface area contributed by atoms with E-state index in [4.69, 9.17) is 19.1 Å². The molecule has 2 N–H and O–H groups in total. The van der Waals surface area contributed by atoms with E-state index in [1.165, 1.54) is 22.5 Å². The van der Waals surface area contributed by atoms with Crippen LogP contribution in [0.2, 0.25) is 0 Å². The second-order valence-corrected chi connectivity index (χ2v) is 7.90. The molecule has 0 fully saturated rings. The Kier molecular flexibility index (Phi) is 8.14. The van der Waals surface area contributed by atoms with Crippen molar-refractivity contribution in [3.05, 3.63) is 58.4 Å². The van der Waals surface area contributed by atoms with Gasteiger partial charge in [-0.1, -0.05) is 12.1 Å². The number of sulfonamides is 1. The van der Waals surface area contributed by atoms with E-state index < -0.39 is 20.8 Å². The Hall–Kier alpha value is -1.55. The predicted octanol–water partition coefficient (Wildman–Crippen LogP) is -1.47. The first-order valence-electron chi connectivity index (χ1n) is 7.75. The molecular formula is C17H23ClN2O5S. The van der Waals surface area contributed by atoms with E-state index in [9.17, 15) is 8.42 Å². The first-order chi connectivity index (χ1) is 11.9. The lowest BCUT2D eigenvalue weighted by Gasteiger charge is -2.09. The second-order valence-electron chi connectivity index (χ2n) is 5.96. The average Bonchev–Trinajstić information content (AvgIpc) is 2.52. The smallest absolute Gasteiger partial charge is 0.238 e. The van der Waals surface area contributed by atoms with E-state index in [0.717, 1.165) is 18.5 Å². The number of pyridine rings is 1. The van der Waals surface area contributed by atoms with E-state index in [1.807, 2.05) is 12.1 Å². The monoisotopic (exact) mass is 402 g/mol. The van der Waals surface area contributed by atoms with Crippen molar-refractivity contribution in [2.75, 3.05) is 0 Å². The lowest BCUT2D eigenvalue weighted by atomic mass is 10.1. The maximum atomic E-state index is 11.3. The molecule has 0 saturated carbocycles. The van der Waals surface area contributed by atoms with Crippen LogP contribution in [0.1, 0.15) is 28.1 Å². The third kappa shape index (κ3) is 6.64. The van der Waals surface area contributed by atoms with Crippen molar-refractivity contribution in [3.63, 3.8) is 0 Å². The van der Waals surface area contributed by atoms with Gasteiger partial charge in [0.25, 0.3) is 0 Å². The van der Waals surface area contributed by atoms with E-state index in [2.05, 4.69) is 38.3 Å². The fourth-order valence-electron chi connectivity index (χ4n) is 2.68. The highest BCUT2D eigenvalue weighted by Gasteiger charge is 2.15. The van der Waals surface area contributed by atoms with Crippen LogP contribution in [0.5, 0.6) is 0 Å². The van der Waals surface area contributed by atoms with Crippen molar-refractivity contribution in [2.24, 2.45) is 5.14 Å². The number of aromatic nitrogens is 1. The Morgan fingerprint density at radius 1 is 1.04 bits per heavy atom. The summed E-state index contributed by atoms with van der Waals surface area (Å²) in [6.07, 6.45) is 0.847. The molecule has 7 nitrogen and oxygen atoms in total. The SMILES string of the molecule is Cc1cc(C)[n+](CCc2ccc(S(N)(=O)=O)cc2)c(C)c1C.[O-][Cl+2]([O-])[O-]. The van der Waals surface area contributed by atoms with Gasteiger partial charge < -0.3 is 14.0 Å². The molecule has 1 aromatic heterocycles. The van der Waals surface area contributed by atoms with Crippen LogP contribution in [-0.4, -0.2) is 8.42 Å². The van der Waals surface area contributed by atoms with Gasteiger partial charge in [-0.15, -0.1) is 0 Å². The van der Waals surface area contributed by atoms with Crippen LogP contribution in [0.4, 0.5) is 0 Å². The number of hydrogen-bond acceptors (Lipinski definition) is 5. The fourth-order valence-corrected chi connectivity index (χ4v) is 3.20. The Labute approximate surface area is 157 Å². The molecule has 0 unspecified atom stereocenters. The minimum atomic E-state index is -3.62. The van der Waals surface area contributed by atoms with Crippen LogP contribution < -0.4 is 23.7 Å². The summed E-state index contributed by atoms with van der Waals surface area (Å²) in [5.74, 6) is 0. The summed E-state index contributed by atoms with van der Waals surface area (Å²) in [4.78, 5) is 0.155. The Balaban J connectivity index is 0.000000765. The summed E-state index contributed by atoms with van der Waals surface area (Å²) in [6.45, 7) is 9.39. The summed E-state index contributed by atoms with van der Waals surface area (Å²) < 4.78 is 50.0. The molecule has 0 spiro atoms. The van der Waals surface area contributed by atoms with Gasteiger partial charge in [0.1, 0.15) is 0 Å². The Bertz CT molecular complexity index is 850. The van der Waals surface area contributed by atoms with E-state index in [0.29, 0.717) is 0 Å². The van der Waals surface area contributed by atoms with Gasteiger partial charge in [-0.2, -0.15) is 4.57 Å². The van der Waals surface area contributed by atoms with E-state index >= 15 is 0 Å². The van der Waals surface area contributed by atoms with Gasteiger partial charge in [0, 0.05) is 31.9 Å². The van der Waals surface area contributed by atoms with Crippen molar-refractivity contribution in [1.82, 2.24) is 0 Å². The number of nitrogens with two attached hydrogens (primary N) is 1. The molecule has 1 heterocycles. The number of primary sulfonamides is 1. The molecule has 0 aliphatic heterocycles. The lowest BCUT2D eigenvalue weighted by molar-refractivity contribution is -1.73. The first-order valence-corrected chi connectivity index (χ1v) is 10.2. The molecule has 0 aliphatic carbocycles. The molecule has 0 saturated heterocycles. The highest BCUT2D eigenvalue weighted by atomic mass is 35.6. The van der Waals surface area contributed by atoms with Gasteiger partial charge in [-0.3, -0.25) is 0 Å². The summed E-state index contributed by atoms with van der Waals surface area (Å²) >= 11 is 0. The van der Waals surface area contributed by atoms with Crippen LogP contribution >= 0.6 is 0 Å². The molecule has 0 aliphatic rings. The summed E-state index contributed by atoms with van der Waals surface area (Å²) in [5.41, 5.74) is 6.23. The standard InChI is InChI=1S/C17H23N2O2S.ClO3/c1-12-11-13(2)19(15(4)14(12)3)10-9-16-5-7-17(8-6-16)22(18,20)21;2-1(3)4/h5-8,11H,9-10H2,1-4H3,(H2,18,20,21);/q+1;-1. The van der Waals surface area contributed by atoms with Crippen molar-refractivity contribution >= 4 is 10.0 Å². The minimum absolute atomic E-state index is 0.155. The number of hydrogen-bond donors (Lipinski definition) is 1. The van der Waals surface area contributed by atoms with Crippen LogP contribution in [0, 0.1) is 38.5 Å². The van der Waals surface area contributed by atoms with Gasteiger partial charge >= 0.3 is 0 Å². The van der Waals surface area contributed by atoms with Crippen molar-refractivity contribution in [1.29, 1.82) is 0 Å².